The Morgan fingerprint density at radius 1 is 0.919 bits per heavy atom. The summed E-state index contributed by atoms with van der Waals surface area (Å²) in [5, 5.41) is 5.24. The normalized spacial score (nSPS) is 15.1. The van der Waals surface area contributed by atoms with Crippen molar-refractivity contribution >= 4 is 45.7 Å². The first-order valence-electron chi connectivity index (χ1n) is 12.3. The Hall–Kier alpha value is -2.89. The van der Waals surface area contributed by atoms with E-state index in [1.165, 1.54) is 4.68 Å². The molecule has 0 saturated carbocycles. The monoisotopic (exact) mass is 620 g/mol. The van der Waals surface area contributed by atoms with Crippen LogP contribution in [0.15, 0.2) is 36.7 Å². The van der Waals surface area contributed by atoms with E-state index in [2.05, 4.69) is 32.7 Å². The van der Waals surface area contributed by atoms with Crippen LogP contribution < -0.4 is 4.74 Å². The van der Waals surface area contributed by atoms with Gasteiger partial charge in [-0.15, -0.1) is 0 Å². The van der Waals surface area contributed by atoms with Crippen LogP contribution in [-0.2, 0) is 9.47 Å². The number of amides is 1. The first kappa shape index (κ1) is 27.2. The molecule has 0 unspecified atom stereocenters. The minimum absolute atomic E-state index is 0.00812. The largest absolute Gasteiger partial charge is 0.489 e. The molecule has 9 nitrogen and oxygen atoms in total. The lowest BCUT2D eigenvalue weighted by Gasteiger charge is -2.33. The number of ether oxygens (including phenoxy) is 3. The number of carbonyl (C=O) groups is 2. The number of nitrogens with zero attached hydrogens (tertiary/aromatic N) is 4. The average Bonchev–Trinajstić information content (AvgIpc) is 3.14. The molecule has 1 aliphatic rings. The summed E-state index contributed by atoms with van der Waals surface area (Å²) in [6.45, 7) is 12.3. The highest BCUT2D eigenvalue weighted by Gasteiger charge is 2.28. The zero-order valence-corrected chi connectivity index (χ0v) is 24.2. The highest BCUT2D eigenvalue weighted by molar-refractivity contribution is 14.1. The van der Waals surface area contributed by atoms with Gasteiger partial charge in [-0.3, -0.25) is 4.98 Å². The number of rotatable bonds is 3. The molecule has 0 atom stereocenters. The Morgan fingerprint density at radius 3 is 2.22 bits per heavy atom. The van der Waals surface area contributed by atoms with Gasteiger partial charge in [0.05, 0.1) is 11.7 Å². The number of hydrogen-bond donors (Lipinski definition) is 0. The molecule has 1 aromatic carbocycles. The van der Waals surface area contributed by atoms with Crippen molar-refractivity contribution < 1.29 is 23.8 Å². The second-order valence-electron chi connectivity index (χ2n) is 11.1. The lowest BCUT2D eigenvalue weighted by Crippen LogP contribution is -2.44. The van der Waals surface area contributed by atoms with E-state index in [0.717, 1.165) is 29.4 Å². The van der Waals surface area contributed by atoms with E-state index in [1.807, 2.05) is 65.8 Å². The highest BCUT2D eigenvalue weighted by Crippen LogP contribution is 2.30. The standard InChI is InChI=1S/C27H33IN4O5/c1-26(2,3)36-24(33)31-11-9-19(10-12-31)35-20-13-18(15-29-16-20)17-7-8-22-21(14-17)23(28)30-32(22)25(34)37-27(4,5)6/h7-8,13-16,19H,9-12H2,1-6H3. The molecule has 0 radical (unpaired) electrons. The van der Waals surface area contributed by atoms with E-state index in [0.29, 0.717) is 28.1 Å². The summed E-state index contributed by atoms with van der Waals surface area (Å²) in [5.74, 6) is 0.674. The van der Waals surface area contributed by atoms with Crippen molar-refractivity contribution in [1.82, 2.24) is 19.7 Å². The van der Waals surface area contributed by atoms with Gasteiger partial charge in [0.1, 0.15) is 26.8 Å². The maximum Gasteiger partial charge on any atom is 0.435 e. The summed E-state index contributed by atoms with van der Waals surface area (Å²) < 4.78 is 19.2. The third-order valence-electron chi connectivity index (χ3n) is 5.64. The number of fused-ring (bicyclic) bond motifs is 1. The number of carbonyl (C=O) groups excluding carboxylic acids is 2. The van der Waals surface area contributed by atoms with Gasteiger partial charge < -0.3 is 19.1 Å². The molecule has 10 heteroatoms. The summed E-state index contributed by atoms with van der Waals surface area (Å²) in [6, 6.07) is 7.75. The summed E-state index contributed by atoms with van der Waals surface area (Å²) in [7, 11) is 0. The third-order valence-corrected chi connectivity index (χ3v) is 6.44. The molecule has 0 aliphatic carbocycles. The maximum atomic E-state index is 12.6. The number of piperidine rings is 1. The van der Waals surface area contributed by atoms with Crippen molar-refractivity contribution in [1.29, 1.82) is 0 Å². The van der Waals surface area contributed by atoms with Crippen LogP contribution in [0.3, 0.4) is 0 Å². The first-order valence-corrected chi connectivity index (χ1v) is 13.4. The van der Waals surface area contributed by atoms with Crippen LogP contribution in [0.25, 0.3) is 22.0 Å². The molecule has 3 heterocycles. The minimum atomic E-state index is -0.612. The van der Waals surface area contributed by atoms with Crippen molar-refractivity contribution in [2.24, 2.45) is 0 Å². The van der Waals surface area contributed by atoms with Crippen LogP contribution in [0.4, 0.5) is 9.59 Å². The zero-order valence-electron chi connectivity index (χ0n) is 22.1. The van der Waals surface area contributed by atoms with E-state index >= 15 is 0 Å². The smallest absolute Gasteiger partial charge is 0.435 e. The van der Waals surface area contributed by atoms with Gasteiger partial charge in [-0.05, 0) is 87.9 Å². The van der Waals surface area contributed by atoms with Gasteiger partial charge in [-0.2, -0.15) is 9.78 Å². The van der Waals surface area contributed by atoms with Gasteiger partial charge in [0.15, 0.2) is 0 Å². The number of pyridine rings is 1. The van der Waals surface area contributed by atoms with E-state index in [4.69, 9.17) is 14.2 Å². The number of aromatic nitrogens is 3. The van der Waals surface area contributed by atoms with Gasteiger partial charge in [-0.25, -0.2) is 9.59 Å². The fraction of sp³-hybridized carbons (Fsp3) is 0.481. The van der Waals surface area contributed by atoms with Gasteiger partial charge in [-0.1, -0.05) is 6.07 Å². The topological polar surface area (TPSA) is 95.8 Å². The summed E-state index contributed by atoms with van der Waals surface area (Å²) >= 11 is 2.12. The molecule has 3 aromatic rings. The lowest BCUT2D eigenvalue weighted by atomic mass is 10.1. The molecular weight excluding hydrogens is 587 g/mol. The zero-order chi connectivity index (χ0) is 27.0. The summed E-state index contributed by atoms with van der Waals surface area (Å²) in [6.07, 6.45) is 4.12. The van der Waals surface area contributed by atoms with Crippen LogP contribution in [-0.4, -0.2) is 62.2 Å². The second-order valence-corrected chi connectivity index (χ2v) is 12.1. The van der Waals surface area contributed by atoms with Crippen molar-refractivity contribution in [3.63, 3.8) is 0 Å². The molecule has 37 heavy (non-hydrogen) atoms. The number of hydrogen-bond acceptors (Lipinski definition) is 7. The van der Waals surface area contributed by atoms with Gasteiger partial charge in [0.2, 0.25) is 0 Å². The van der Waals surface area contributed by atoms with E-state index in [9.17, 15) is 9.59 Å². The molecule has 2 aromatic heterocycles. The SMILES string of the molecule is CC(C)(C)OC(=O)N1CCC(Oc2cncc(-c3ccc4c(c3)c(I)nn4C(=O)OC(C)(C)C)c2)CC1. The number of halogens is 1. The molecule has 1 saturated heterocycles. The quantitative estimate of drug-likeness (QED) is 0.319. The third kappa shape index (κ3) is 6.91. The van der Waals surface area contributed by atoms with Crippen molar-refractivity contribution in [2.75, 3.05) is 13.1 Å². The fourth-order valence-electron chi connectivity index (χ4n) is 4.02. The molecular formula is C27H33IN4O5. The number of likely N-dealkylation sites (tertiary alicyclic amines) is 1. The lowest BCUT2D eigenvalue weighted by molar-refractivity contribution is 0.0126. The van der Waals surface area contributed by atoms with E-state index < -0.39 is 17.3 Å². The first-order chi connectivity index (χ1) is 17.3. The molecule has 0 spiro atoms. The maximum absolute atomic E-state index is 12.6. The van der Waals surface area contributed by atoms with Gasteiger partial charge >= 0.3 is 12.2 Å². The van der Waals surface area contributed by atoms with E-state index in [1.54, 1.807) is 17.3 Å². The molecule has 1 aliphatic heterocycles. The summed E-state index contributed by atoms with van der Waals surface area (Å²) in [5.41, 5.74) is 1.39. The minimum Gasteiger partial charge on any atom is -0.489 e. The number of benzene rings is 1. The van der Waals surface area contributed by atoms with Crippen LogP contribution >= 0.6 is 22.6 Å². The Bertz CT molecular complexity index is 1300. The van der Waals surface area contributed by atoms with Gasteiger partial charge in [0, 0.05) is 43.1 Å². The van der Waals surface area contributed by atoms with Crippen molar-refractivity contribution in [3.05, 3.63) is 40.4 Å². The second kappa shape index (κ2) is 10.5. The van der Waals surface area contributed by atoms with Crippen molar-refractivity contribution in [3.8, 4) is 16.9 Å². The Labute approximate surface area is 230 Å². The predicted molar refractivity (Wildman–Crippen MR) is 149 cm³/mol. The van der Waals surface area contributed by atoms with Crippen LogP contribution in [0.5, 0.6) is 5.75 Å². The van der Waals surface area contributed by atoms with E-state index in [-0.39, 0.29) is 12.2 Å². The molecule has 4 rings (SSSR count). The summed E-state index contributed by atoms with van der Waals surface area (Å²) in [4.78, 5) is 31.0. The molecule has 0 N–H and O–H groups in total. The Balaban J connectivity index is 1.45. The van der Waals surface area contributed by atoms with Crippen LogP contribution in [0.2, 0.25) is 0 Å². The van der Waals surface area contributed by atoms with Crippen LogP contribution in [0.1, 0.15) is 54.4 Å². The fourth-order valence-corrected chi connectivity index (χ4v) is 4.67. The molecule has 1 fully saturated rings. The van der Waals surface area contributed by atoms with Crippen molar-refractivity contribution in [2.45, 2.75) is 71.7 Å². The predicted octanol–water partition coefficient (Wildman–Crippen LogP) is 6.26. The average molecular weight is 620 g/mol. The molecule has 198 valence electrons. The molecule has 1 amide bonds. The molecule has 0 bridgehead atoms. The Morgan fingerprint density at radius 2 is 1.57 bits per heavy atom. The van der Waals surface area contributed by atoms with Gasteiger partial charge in [0.25, 0.3) is 0 Å². The Kier molecular flexibility index (Phi) is 7.68. The van der Waals surface area contributed by atoms with Crippen LogP contribution in [0, 0.1) is 3.70 Å². The highest BCUT2D eigenvalue weighted by atomic mass is 127.